The number of amides is 2. The highest BCUT2D eigenvalue weighted by Gasteiger charge is 2.25. The summed E-state index contributed by atoms with van der Waals surface area (Å²) in [7, 11) is 0. The summed E-state index contributed by atoms with van der Waals surface area (Å²) < 4.78 is 0. The van der Waals surface area contributed by atoms with Gasteiger partial charge in [-0.25, -0.2) is 4.79 Å². The third kappa shape index (κ3) is 4.87. The van der Waals surface area contributed by atoms with Crippen molar-refractivity contribution in [1.82, 2.24) is 10.9 Å². The van der Waals surface area contributed by atoms with E-state index in [-0.39, 0.29) is 0 Å². The Morgan fingerprint density at radius 3 is 2.30 bits per heavy atom. The molecule has 6 nitrogen and oxygen atoms in total. The normalized spacial score (nSPS) is 12.1. The highest BCUT2D eigenvalue weighted by Crippen LogP contribution is 2.34. The van der Waals surface area contributed by atoms with Crippen molar-refractivity contribution in [3.05, 3.63) is 62.9 Å². The highest BCUT2D eigenvalue weighted by atomic mass is 32.1. The Hall–Kier alpha value is -3.29. The maximum atomic E-state index is 11.1. The summed E-state index contributed by atoms with van der Waals surface area (Å²) in [5.74, 6) is -1.35. The van der Waals surface area contributed by atoms with Gasteiger partial charge < -0.3 is 5.73 Å². The van der Waals surface area contributed by atoms with Crippen LogP contribution < -0.4 is 16.6 Å². The molecule has 0 radical (unpaired) electrons. The first-order valence-corrected chi connectivity index (χ1v) is 9.19. The first-order valence-electron chi connectivity index (χ1n) is 8.31. The number of urea groups is 1. The van der Waals surface area contributed by atoms with Crippen molar-refractivity contribution in [3.63, 3.8) is 0 Å². The first kappa shape index (κ1) is 20.0. The number of benzene rings is 1. The molecule has 0 spiro atoms. The second kappa shape index (κ2) is 8.88. The zero-order valence-electron chi connectivity index (χ0n) is 15.4. The lowest BCUT2D eigenvalue weighted by molar-refractivity contribution is 0.247. The number of carbonyl (C=O) groups is 1. The molecule has 0 saturated carbocycles. The van der Waals surface area contributed by atoms with Gasteiger partial charge in [0.2, 0.25) is 0 Å². The molecule has 7 heteroatoms. The Morgan fingerprint density at radius 2 is 1.81 bits per heavy atom. The van der Waals surface area contributed by atoms with Gasteiger partial charge >= 0.3 is 6.03 Å². The van der Waals surface area contributed by atoms with Crippen LogP contribution in [0.2, 0.25) is 0 Å². The minimum Gasteiger partial charge on any atom is -0.350 e. The number of thiophene rings is 1. The number of allylic oxidation sites excluding steroid dienone is 1. The number of nitrogens with two attached hydrogens (primary N) is 1. The molecule has 2 rings (SSSR count). The van der Waals surface area contributed by atoms with E-state index in [1.54, 1.807) is 0 Å². The second-order valence-electron chi connectivity index (χ2n) is 6.25. The standard InChI is InChI=1S/C20H21N5OS/c1-12-7-13(2)19(14(3)8-12)16(15(10-21)11-22)9-17(24-25-20(23)26)18-5-4-6-27-18/h4-9,15-16,24H,1-3H3,(H3,23,25,26)/b17-9-/t16-/m0/s1. The first-order chi connectivity index (χ1) is 12.9. The summed E-state index contributed by atoms with van der Waals surface area (Å²) in [5.41, 5.74) is 15.0. The number of hydrogen-bond donors (Lipinski definition) is 3. The van der Waals surface area contributed by atoms with Gasteiger partial charge in [-0.2, -0.15) is 10.5 Å². The maximum Gasteiger partial charge on any atom is 0.330 e. The van der Waals surface area contributed by atoms with Gasteiger partial charge in [-0.1, -0.05) is 23.8 Å². The summed E-state index contributed by atoms with van der Waals surface area (Å²) in [6.07, 6.45) is 1.81. The third-order valence-electron chi connectivity index (χ3n) is 4.16. The lowest BCUT2D eigenvalue weighted by atomic mass is 9.81. The van der Waals surface area contributed by atoms with Crippen LogP contribution in [0.25, 0.3) is 5.70 Å². The van der Waals surface area contributed by atoms with Gasteiger partial charge in [0.1, 0.15) is 5.92 Å². The molecule has 1 aromatic heterocycles. The minimum absolute atomic E-state index is 0.472. The van der Waals surface area contributed by atoms with Gasteiger partial charge in [-0.3, -0.25) is 10.9 Å². The van der Waals surface area contributed by atoms with Crippen LogP contribution in [0, 0.1) is 49.4 Å². The van der Waals surface area contributed by atoms with Crippen LogP contribution in [0.4, 0.5) is 4.79 Å². The quantitative estimate of drug-likeness (QED) is 0.665. The average Bonchev–Trinajstić information content (AvgIpc) is 3.12. The number of aryl methyl sites for hydroxylation is 3. The maximum absolute atomic E-state index is 11.1. The summed E-state index contributed by atoms with van der Waals surface area (Å²) in [4.78, 5) is 12.0. The molecule has 138 valence electrons. The molecular formula is C20H21N5OS. The van der Waals surface area contributed by atoms with Crippen LogP contribution >= 0.6 is 11.3 Å². The molecule has 0 aliphatic carbocycles. The summed E-state index contributed by atoms with van der Waals surface area (Å²) in [6, 6.07) is 11.3. The van der Waals surface area contributed by atoms with Gasteiger partial charge in [-0.05, 0) is 55.0 Å². The van der Waals surface area contributed by atoms with Crippen molar-refractivity contribution in [2.24, 2.45) is 11.7 Å². The van der Waals surface area contributed by atoms with Crippen molar-refractivity contribution in [2.45, 2.75) is 26.7 Å². The Kier molecular flexibility index (Phi) is 6.59. The molecule has 2 aromatic rings. The molecule has 1 atom stereocenters. The fourth-order valence-corrected chi connectivity index (χ4v) is 3.89. The fraction of sp³-hybridized carbons (Fsp3) is 0.250. The minimum atomic E-state index is -0.879. The number of rotatable bonds is 6. The second-order valence-corrected chi connectivity index (χ2v) is 7.19. The van der Waals surface area contributed by atoms with E-state index < -0.39 is 17.9 Å². The predicted octanol–water partition coefficient (Wildman–Crippen LogP) is 3.63. The predicted molar refractivity (Wildman–Crippen MR) is 106 cm³/mol. The van der Waals surface area contributed by atoms with Crippen molar-refractivity contribution in [2.75, 3.05) is 0 Å². The van der Waals surface area contributed by atoms with Crippen LogP contribution in [0.3, 0.4) is 0 Å². The number of nitriles is 2. The number of nitrogens with one attached hydrogen (secondary N) is 2. The van der Waals surface area contributed by atoms with Gasteiger partial charge in [0.15, 0.2) is 0 Å². The molecule has 1 aromatic carbocycles. The zero-order valence-corrected chi connectivity index (χ0v) is 16.2. The van der Waals surface area contributed by atoms with E-state index in [0.717, 1.165) is 27.1 Å². The van der Waals surface area contributed by atoms with E-state index in [4.69, 9.17) is 5.73 Å². The number of hydrazine groups is 1. The van der Waals surface area contributed by atoms with Crippen molar-refractivity contribution in [1.29, 1.82) is 10.5 Å². The molecule has 0 saturated heterocycles. The fourth-order valence-electron chi connectivity index (χ4n) is 3.18. The SMILES string of the molecule is Cc1cc(C)c([C@@H](/C=C(\NNC(N)=O)c2cccs2)C(C#N)C#N)c(C)c1. The lowest BCUT2D eigenvalue weighted by Gasteiger charge is -2.22. The van der Waals surface area contributed by atoms with Gasteiger partial charge in [0.25, 0.3) is 0 Å². The van der Waals surface area contributed by atoms with Gasteiger partial charge in [0, 0.05) is 5.92 Å². The number of nitrogens with zero attached hydrogens (tertiary/aromatic N) is 2. The molecular weight excluding hydrogens is 358 g/mol. The van der Waals surface area contributed by atoms with Crippen molar-refractivity contribution < 1.29 is 4.79 Å². The van der Waals surface area contributed by atoms with E-state index in [2.05, 4.69) is 23.0 Å². The largest absolute Gasteiger partial charge is 0.350 e. The molecule has 0 bridgehead atoms. The number of hydrogen-bond acceptors (Lipinski definition) is 5. The summed E-state index contributed by atoms with van der Waals surface area (Å²) in [6.45, 7) is 5.96. The van der Waals surface area contributed by atoms with Gasteiger partial charge in [-0.15, -0.1) is 11.3 Å². The highest BCUT2D eigenvalue weighted by molar-refractivity contribution is 7.11. The van der Waals surface area contributed by atoms with E-state index in [0.29, 0.717) is 5.70 Å². The molecule has 27 heavy (non-hydrogen) atoms. The molecule has 4 N–H and O–H groups in total. The van der Waals surface area contributed by atoms with E-state index >= 15 is 0 Å². The van der Waals surface area contributed by atoms with Crippen LogP contribution in [0.1, 0.15) is 33.0 Å². The van der Waals surface area contributed by atoms with Crippen LogP contribution in [0.15, 0.2) is 35.7 Å². The van der Waals surface area contributed by atoms with Crippen LogP contribution in [-0.2, 0) is 0 Å². The molecule has 0 aliphatic heterocycles. The molecule has 1 heterocycles. The molecule has 0 fully saturated rings. The van der Waals surface area contributed by atoms with E-state index in [1.807, 2.05) is 56.5 Å². The van der Waals surface area contributed by atoms with Gasteiger partial charge in [0.05, 0.1) is 22.7 Å². The lowest BCUT2D eigenvalue weighted by Crippen LogP contribution is -2.40. The summed E-state index contributed by atoms with van der Waals surface area (Å²) >= 11 is 1.47. The third-order valence-corrected chi connectivity index (χ3v) is 5.07. The Bertz CT molecular complexity index is 897. The van der Waals surface area contributed by atoms with E-state index in [1.165, 1.54) is 11.3 Å². The van der Waals surface area contributed by atoms with Crippen LogP contribution in [-0.4, -0.2) is 6.03 Å². The smallest absolute Gasteiger partial charge is 0.330 e. The number of carbonyl (C=O) groups excluding carboxylic acids is 1. The molecule has 2 amide bonds. The average molecular weight is 379 g/mol. The van der Waals surface area contributed by atoms with Crippen molar-refractivity contribution in [3.8, 4) is 12.1 Å². The topological polar surface area (TPSA) is 115 Å². The Balaban J connectivity index is 2.62. The molecule has 0 unspecified atom stereocenters. The Morgan fingerprint density at radius 1 is 1.19 bits per heavy atom. The van der Waals surface area contributed by atoms with Crippen molar-refractivity contribution >= 4 is 23.1 Å². The summed E-state index contributed by atoms with van der Waals surface area (Å²) in [5, 5.41) is 21.0. The Labute approximate surface area is 162 Å². The number of primary amides is 1. The van der Waals surface area contributed by atoms with E-state index in [9.17, 15) is 15.3 Å². The molecule has 0 aliphatic rings. The monoisotopic (exact) mass is 379 g/mol. The zero-order chi connectivity index (χ0) is 20.0. The van der Waals surface area contributed by atoms with Crippen LogP contribution in [0.5, 0.6) is 0 Å².